The molecule has 0 spiro atoms. The fourth-order valence-corrected chi connectivity index (χ4v) is 2.70. The maximum atomic E-state index is 5.39. The molecule has 1 aliphatic rings. The molecule has 0 saturated heterocycles. The minimum Gasteiger partial charge on any atom is -0.496 e. The first kappa shape index (κ1) is 14.4. The van der Waals surface area contributed by atoms with E-state index in [-0.39, 0.29) is 0 Å². The second kappa shape index (κ2) is 6.42. The Morgan fingerprint density at radius 3 is 2.53 bits per heavy atom. The van der Waals surface area contributed by atoms with Crippen LogP contribution in [0.4, 0.5) is 0 Å². The zero-order valence-electron chi connectivity index (χ0n) is 12.8. The lowest BCUT2D eigenvalue weighted by atomic mass is 10.0. The van der Waals surface area contributed by atoms with Crippen molar-refractivity contribution in [1.82, 2.24) is 4.90 Å². The molecule has 1 aromatic rings. The Kier molecular flexibility index (Phi) is 4.87. The molecule has 1 aromatic carbocycles. The highest BCUT2D eigenvalue weighted by Gasteiger charge is 2.24. The van der Waals surface area contributed by atoms with Crippen LogP contribution < -0.4 is 4.74 Å². The van der Waals surface area contributed by atoms with Crippen LogP contribution in [0, 0.1) is 19.8 Å². The fourth-order valence-electron chi connectivity index (χ4n) is 2.70. The third-order valence-electron chi connectivity index (χ3n) is 4.00. The van der Waals surface area contributed by atoms with Crippen LogP contribution in [0.1, 0.15) is 42.9 Å². The number of benzene rings is 1. The summed E-state index contributed by atoms with van der Waals surface area (Å²) in [4.78, 5) is 2.62. The number of hydrogen-bond acceptors (Lipinski definition) is 2. The van der Waals surface area contributed by atoms with Gasteiger partial charge in [-0.05, 0) is 68.3 Å². The summed E-state index contributed by atoms with van der Waals surface area (Å²) in [6.45, 7) is 10.2. The molecule has 0 unspecified atom stereocenters. The van der Waals surface area contributed by atoms with Gasteiger partial charge in [0.2, 0.25) is 0 Å². The van der Waals surface area contributed by atoms with Gasteiger partial charge in [0.25, 0.3) is 0 Å². The lowest BCUT2D eigenvalue weighted by Crippen LogP contribution is -2.26. The Morgan fingerprint density at radius 2 is 1.95 bits per heavy atom. The normalized spacial score (nSPS) is 15.0. The Balaban J connectivity index is 2.08. The van der Waals surface area contributed by atoms with Crippen molar-refractivity contribution in [3.8, 4) is 5.75 Å². The minimum atomic E-state index is 0.964. The van der Waals surface area contributed by atoms with E-state index in [0.717, 1.165) is 18.2 Å². The van der Waals surface area contributed by atoms with Crippen molar-refractivity contribution in [3.63, 3.8) is 0 Å². The van der Waals surface area contributed by atoms with Gasteiger partial charge in [0.15, 0.2) is 0 Å². The van der Waals surface area contributed by atoms with Gasteiger partial charge in [-0.3, -0.25) is 4.90 Å². The minimum absolute atomic E-state index is 0.964. The van der Waals surface area contributed by atoms with E-state index in [1.807, 2.05) is 0 Å². The van der Waals surface area contributed by atoms with Crippen molar-refractivity contribution in [2.75, 3.05) is 20.2 Å². The van der Waals surface area contributed by atoms with Crippen molar-refractivity contribution >= 4 is 0 Å². The molecule has 0 radical (unpaired) electrons. The molecule has 0 bridgehead atoms. The first-order valence-corrected chi connectivity index (χ1v) is 7.50. The van der Waals surface area contributed by atoms with E-state index in [0.29, 0.717) is 0 Å². The van der Waals surface area contributed by atoms with Crippen molar-refractivity contribution in [1.29, 1.82) is 0 Å². The Labute approximate surface area is 117 Å². The van der Waals surface area contributed by atoms with E-state index in [1.54, 1.807) is 7.11 Å². The van der Waals surface area contributed by atoms with Gasteiger partial charge in [-0.1, -0.05) is 13.0 Å². The number of rotatable bonds is 7. The molecule has 1 aliphatic carbocycles. The van der Waals surface area contributed by atoms with Crippen LogP contribution in [0.25, 0.3) is 0 Å². The van der Waals surface area contributed by atoms with Crippen molar-refractivity contribution in [3.05, 3.63) is 28.8 Å². The Hall–Kier alpha value is -1.02. The standard InChI is InChI=1S/C17H27NO/c1-5-8-18(11-15-6-7-15)12-16-9-14(3)17(19-4)10-13(16)2/h9-10,15H,5-8,11-12H2,1-4H3. The van der Waals surface area contributed by atoms with Crippen LogP contribution in [-0.2, 0) is 6.54 Å². The highest BCUT2D eigenvalue weighted by Crippen LogP contribution is 2.31. The summed E-state index contributed by atoms with van der Waals surface area (Å²) in [6.07, 6.45) is 4.10. The molecule has 106 valence electrons. The van der Waals surface area contributed by atoms with Gasteiger partial charge in [0.05, 0.1) is 7.11 Å². The lowest BCUT2D eigenvalue weighted by Gasteiger charge is -2.23. The van der Waals surface area contributed by atoms with E-state index in [2.05, 4.69) is 37.8 Å². The average molecular weight is 261 g/mol. The molecule has 0 amide bonds. The van der Waals surface area contributed by atoms with Gasteiger partial charge in [-0.25, -0.2) is 0 Å². The zero-order chi connectivity index (χ0) is 13.8. The van der Waals surface area contributed by atoms with Crippen LogP contribution in [0.3, 0.4) is 0 Å². The predicted molar refractivity (Wildman–Crippen MR) is 80.8 cm³/mol. The number of aryl methyl sites for hydroxylation is 2. The largest absolute Gasteiger partial charge is 0.496 e. The SMILES string of the molecule is CCCN(Cc1cc(C)c(OC)cc1C)CC1CC1. The molecule has 0 N–H and O–H groups in total. The van der Waals surface area contributed by atoms with E-state index in [1.165, 1.54) is 49.0 Å². The molecule has 19 heavy (non-hydrogen) atoms. The number of hydrogen-bond donors (Lipinski definition) is 0. The van der Waals surface area contributed by atoms with E-state index < -0.39 is 0 Å². The second-order valence-corrected chi connectivity index (χ2v) is 5.93. The molecule has 1 fully saturated rings. The quantitative estimate of drug-likeness (QED) is 0.737. The third-order valence-corrected chi connectivity index (χ3v) is 4.00. The summed E-state index contributed by atoms with van der Waals surface area (Å²) in [7, 11) is 1.75. The molecule has 2 heteroatoms. The van der Waals surface area contributed by atoms with Crippen LogP contribution in [-0.4, -0.2) is 25.1 Å². The molecule has 1 saturated carbocycles. The molecule has 2 nitrogen and oxygen atoms in total. The maximum Gasteiger partial charge on any atom is 0.122 e. The monoisotopic (exact) mass is 261 g/mol. The van der Waals surface area contributed by atoms with Gasteiger partial charge in [-0.2, -0.15) is 0 Å². The Bertz CT molecular complexity index is 424. The van der Waals surface area contributed by atoms with E-state index in [9.17, 15) is 0 Å². The topological polar surface area (TPSA) is 12.5 Å². The second-order valence-electron chi connectivity index (χ2n) is 5.93. The Morgan fingerprint density at radius 1 is 1.21 bits per heavy atom. The zero-order valence-corrected chi connectivity index (χ0v) is 12.8. The summed E-state index contributed by atoms with van der Waals surface area (Å²) >= 11 is 0. The molecule has 0 heterocycles. The molecule has 0 aromatic heterocycles. The van der Waals surface area contributed by atoms with Crippen LogP contribution in [0.15, 0.2) is 12.1 Å². The molecule has 0 atom stereocenters. The van der Waals surface area contributed by atoms with Crippen LogP contribution >= 0.6 is 0 Å². The van der Waals surface area contributed by atoms with Crippen molar-refractivity contribution in [2.24, 2.45) is 5.92 Å². The molecule has 2 rings (SSSR count). The van der Waals surface area contributed by atoms with E-state index in [4.69, 9.17) is 4.74 Å². The number of ether oxygens (including phenoxy) is 1. The lowest BCUT2D eigenvalue weighted by molar-refractivity contribution is 0.254. The number of methoxy groups -OCH3 is 1. The van der Waals surface area contributed by atoms with Gasteiger partial charge < -0.3 is 4.74 Å². The fraction of sp³-hybridized carbons (Fsp3) is 0.647. The van der Waals surface area contributed by atoms with Gasteiger partial charge >= 0.3 is 0 Å². The highest BCUT2D eigenvalue weighted by atomic mass is 16.5. The molecular formula is C17H27NO. The van der Waals surface area contributed by atoms with E-state index >= 15 is 0 Å². The van der Waals surface area contributed by atoms with Gasteiger partial charge in [0.1, 0.15) is 5.75 Å². The first-order valence-electron chi connectivity index (χ1n) is 7.50. The first-order chi connectivity index (χ1) is 9.13. The molecular weight excluding hydrogens is 234 g/mol. The number of nitrogens with zero attached hydrogens (tertiary/aromatic N) is 1. The highest BCUT2D eigenvalue weighted by molar-refractivity contribution is 5.41. The van der Waals surface area contributed by atoms with Gasteiger partial charge in [-0.15, -0.1) is 0 Å². The predicted octanol–water partition coefficient (Wildman–Crippen LogP) is 3.93. The summed E-state index contributed by atoms with van der Waals surface area (Å²) in [5, 5.41) is 0. The van der Waals surface area contributed by atoms with Crippen molar-refractivity contribution < 1.29 is 4.74 Å². The van der Waals surface area contributed by atoms with Crippen LogP contribution in [0.2, 0.25) is 0 Å². The smallest absolute Gasteiger partial charge is 0.122 e. The van der Waals surface area contributed by atoms with Crippen molar-refractivity contribution in [2.45, 2.75) is 46.6 Å². The molecule has 0 aliphatic heterocycles. The third kappa shape index (κ3) is 3.97. The van der Waals surface area contributed by atoms with Gasteiger partial charge in [0, 0.05) is 13.1 Å². The maximum absolute atomic E-state index is 5.39. The summed E-state index contributed by atoms with van der Waals surface area (Å²) in [5.41, 5.74) is 4.04. The average Bonchev–Trinajstić information content (AvgIpc) is 3.17. The summed E-state index contributed by atoms with van der Waals surface area (Å²) < 4.78 is 5.39. The summed E-state index contributed by atoms with van der Waals surface area (Å²) in [6, 6.07) is 4.47. The van der Waals surface area contributed by atoms with Crippen LogP contribution in [0.5, 0.6) is 5.75 Å². The summed E-state index contributed by atoms with van der Waals surface area (Å²) in [5.74, 6) is 1.97.